The highest BCUT2D eigenvalue weighted by Crippen LogP contribution is 2.30. The zero-order valence-electron chi connectivity index (χ0n) is 18.4. The topological polar surface area (TPSA) is 77.2 Å². The molecule has 0 amide bonds. The summed E-state index contributed by atoms with van der Waals surface area (Å²) in [6.07, 6.45) is 4.10. The van der Waals surface area contributed by atoms with Crippen molar-refractivity contribution >= 4 is 28.3 Å². The molecule has 2 fully saturated rings. The van der Waals surface area contributed by atoms with Crippen LogP contribution in [-0.2, 0) is 0 Å². The summed E-state index contributed by atoms with van der Waals surface area (Å²) >= 11 is 0. The van der Waals surface area contributed by atoms with Gasteiger partial charge >= 0.3 is 0 Å². The van der Waals surface area contributed by atoms with E-state index in [0.29, 0.717) is 11.6 Å². The van der Waals surface area contributed by atoms with Gasteiger partial charge < -0.3 is 19.7 Å². The van der Waals surface area contributed by atoms with Crippen LogP contribution in [0.4, 0.5) is 11.5 Å². The molecule has 0 bridgehead atoms. The highest BCUT2D eigenvalue weighted by atomic mass is 16.1. The Morgan fingerprint density at radius 3 is 2.38 bits per heavy atom. The maximum atomic E-state index is 11.5. The molecule has 164 valence electrons. The molecule has 1 aromatic carbocycles. The van der Waals surface area contributed by atoms with Crippen LogP contribution in [0.5, 0.6) is 0 Å². The molecule has 4 heterocycles. The van der Waals surface area contributed by atoms with E-state index in [0.717, 1.165) is 80.2 Å². The maximum absolute atomic E-state index is 11.5. The molecule has 5 rings (SSSR count). The Hall–Kier alpha value is -3.37. The van der Waals surface area contributed by atoms with Gasteiger partial charge in [0.25, 0.3) is 0 Å². The fraction of sp³-hybridized carbons (Fsp3) is 0.400. The van der Waals surface area contributed by atoms with Crippen LogP contribution >= 0.6 is 0 Å². The molecule has 2 aromatic heterocycles. The van der Waals surface area contributed by atoms with Crippen LogP contribution in [0.15, 0.2) is 42.6 Å². The number of rotatable bonds is 4. The molecule has 2 aliphatic rings. The number of piperazine rings is 1. The van der Waals surface area contributed by atoms with E-state index in [1.807, 2.05) is 36.5 Å². The number of carbonyl (C=O) groups excluding carboxylic acids is 1. The van der Waals surface area contributed by atoms with Crippen molar-refractivity contribution in [1.82, 2.24) is 14.9 Å². The van der Waals surface area contributed by atoms with Crippen molar-refractivity contribution in [3.05, 3.63) is 53.7 Å². The van der Waals surface area contributed by atoms with Gasteiger partial charge in [0.15, 0.2) is 5.78 Å². The summed E-state index contributed by atoms with van der Waals surface area (Å²) in [4.78, 5) is 21.2. The quantitative estimate of drug-likeness (QED) is 0.642. The number of nitriles is 1. The molecule has 0 aliphatic carbocycles. The summed E-state index contributed by atoms with van der Waals surface area (Å²) in [5, 5.41) is 14.0. The molecule has 7 heteroatoms. The molecule has 0 radical (unpaired) electrons. The van der Waals surface area contributed by atoms with Crippen molar-refractivity contribution in [3.8, 4) is 6.07 Å². The number of fused-ring (bicyclic) bond motifs is 1. The molecule has 0 saturated carbocycles. The highest BCUT2D eigenvalue weighted by molar-refractivity contribution is 5.94. The average Bonchev–Trinajstić information content (AvgIpc) is 3.23. The van der Waals surface area contributed by atoms with Gasteiger partial charge in [-0.3, -0.25) is 4.79 Å². The summed E-state index contributed by atoms with van der Waals surface area (Å²) in [5.74, 6) is 1.07. The van der Waals surface area contributed by atoms with E-state index in [1.54, 1.807) is 6.92 Å². The van der Waals surface area contributed by atoms with E-state index >= 15 is 0 Å². The smallest absolute Gasteiger partial charge is 0.159 e. The minimum absolute atomic E-state index is 0.0941. The van der Waals surface area contributed by atoms with Gasteiger partial charge in [-0.2, -0.15) is 5.26 Å². The van der Waals surface area contributed by atoms with Gasteiger partial charge in [0.2, 0.25) is 0 Å². The zero-order valence-corrected chi connectivity index (χ0v) is 18.4. The number of ketones is 1. The fourth-order valence-corrected chi connectivity index (χ4v) is 4.84. The monoisotopic (exact) mass is 428 g/mol. The zero-order chi connectivity index (χ0) is 22.1. The molecule has 32 heavy (non-hydrogen) atoms. The Bertz CT molecular complexity index is 1160. The Kier molecular flexibility index (Phi) is 5.54. The number of piperidine rings is 1. The van der Waals surface area contributed by atoms with E-state index in [2.05, 4.69) is 31.8 Å². The number of carbonyl (C=O) groups is 1. The minimum atomic E-state index is 0.0941. The number of pyridine rings is 1. The Morgan fingerprint density at radius 1 is 1.03 bits per heavy atom. The van der Waals surface area contributed by atoms with Crippen LogP contribution < -0.4 is 15.1 Å². The van der Waals surface area contributed by atoms with Crippen LogP contribution in [0.25, 0.3) is 11.0 Å². The van der Waals surface area contributed by atoms with E-state index in [1.165, 1.54) is 0 Å². The lowest BCUT2D eigenvalue weighted by molar-refractivity contribution is 0.101. The first kappa shape index (κ1) is 20.5. The van der Waals surface area contributed by atoms with Crippen molar-refractivity contribution in [3.63, 3.8) is 0 Å². The first-order valence-electron chi connectivity index (χ1n) is 11.4. The van der Waals surface area contributed by atoms with E-state index < -0.39 is 0 Å². The molecule has 0 spiro atoms. The largest absolute Gasteiger partial charge is 0.368 e. The van der Waals surface area contributed by atoms with Crippen molar-refractivity contribution in [1.29, 1.82) is 5.26 Å². The van der Waals surface area contributed by atoms with E-state index in [-0.39, 0.29) is 5.78 Å². The summed E-state index contributed by atoms with van der Waals surface area (Å²) < 4.78 is 2.23. The van der Waals surface area contributed by atoms with Crippen LogP contribution in [0.1, 0.15) is 41.7 Å². The van der Waals surface area contributed by atoms with E-state index in [9.17, 15) is 10.1 Å². The number of nitrogens with zero attached hydrogens (tertiary/aromatic N) is 5. The second kappa shape index (κ2) is 8.64. The molecule has 0 unspecified atom stereocenters. The predicted octanol–water partition coefficient (Wildman–Crippen LogP) is 3.36. The predicted molar refractivity (Wildman–Crippen MR) is 126 cm³/mol. The molecule has 1 N–H and O–H groups in total. The van der Waals surface area contributed by atoms with Gasteiger partial charge in [-0.15, -0.1) is 0 Å². The first-order chi connectivity index (χ1) is 15.6. The number of nitrogens with one attached hydrogen (secondary N) is 1. The molecule has 2 aliphatic heterocycles. The summed E-state index contributed by atoms with van der Waals surface area (Å²) in [5.41, 5.74) is 3.53. The number of hydrogen-bond acceptors (Lipinski definition) is 6. The first-order valence-corrected chi connectivity index (χ1v) is 11.4. The second-order valence-electron chi connectivity index (χ2n) is 8.66. The van der Waals surface area contributed by atoms with Gasteiger partial charge in [0, 0.05) is 55.1 Å². The second-order valence-corrected chi connectivity index (χ2v) is 8.66. The van der Waals surface area contributed by atoms with Gasteiger partial charge in [-0.25, -0.2) is 4.98 Å². The molecule has 3 aromatic rings. The average molecular weight is 429 g/mol. The molecule has 2 saturated heterocycles. The minimum Gasteiger partial charge on any atom is -0.368 e. The Labute approximate surface area is 188 Å². The lowest BCUT2D eigenvalue weighted by atomic mass is 10.1. The SMILES string of the molecule is CC(=O)c1ccc(N2CCN(c3ccc4c(C#N)cn(C5CCNCC5)c4n3)CC2)cc1. The standard InChI is InChI=1S/C25H28N6O/c1-18(32)19-2-4-21(5-3-19)29-12-14-30(15-13-29)24-7-6-23-20(16-26)17-31(25(23)28-24)22-8-10-27-11-9-22/h2-7,17,22,27H,8-15H2,1H3. The van der Waals surface area contributed by atoms with Gasteiger partial charge in [-0.05, 0) is 69.3 Å². The lowest BCUT2D eigenvalue weighted by Gasteiger charge is -2.37. The normalized spacial score (nSPS) is 17.5. The van der Waals surface area contributed by atoms with Crippen molar-refractivity contribution in [2.45, 2.75) is 25.8 Å². The molecule has 0 atom stereocenters. The van der Waals surface area contributed by atoms with Gasteiger partial charge in [0.1, 0.15) is 17.5 Å². The van der Waals surface area contributed by atoms with Crippen LogP contribution in [-0.4, -0.2) is 54.6 Å². The van der Waals surface area contributed by atoms with Crippen LogP contribution in [0, 0.1) is 11.3 Å². The Morgan fingerprint density at radius 2 is 1.72 bits per heavy atom. The molecule has 7 nitrogen and oxygen atoms in total. The third kappa shape index (κ3) is 3.82. The van der Waals surface area contributed by atoms with Crippen LogP contribution in [0.2, 0.25) is 0 Å². The van der Waals surface area contributed by atoms with Gasteiger partial charge in [-0.1, -0.05) is 0 Å². The van der Waals surface area contributed by atoms with Crippen LogP contribution in [0.3, 0.4) is 0 Å². The fourth-order valence-electron chi connectivity index (χ4n) is 4.84. The van der Waals surface area contributed by atoms with Gasteiger partial charge in [0.05, 0.1) is 5.56 Å². The number of Topliss-reactive ketones (excluding diaryl/α,β-unsaturated/α-hetero) is 1. The number of hydrogen-bond donors (Lipinski definition) is 1. The maximum Gasteiger partial charge on any atom is 0.159 e. The highest BCUT2D eigenvalue weighted by Gasteiger charge is 2.23. The summed E-state index contributed by atoms with van der Waals surface area (Å²) in [6, 6.07) is 14.7. The molecular formula is C25H28N6O. The lowest BCUT2D eigenvalue weighted by Crippen LogP contribution is -2.46. The number of anilines is 2. The summed E-state index contributed by atoms with van der Waals surface area (Å²) in [6.45, 7) is 7.16. The third-order valence-electron chi connectivity index (χ3n) is 6.73. The number of benzene rings is 1. The van der Waals surface area contributed by atoms with Crippen molar-refractivity contribution in [2.75, 3.05) is 49.1 Å². The third-order valence-corrected chi connectivity index (χ3v) is 6.73. The van der Waals surface area contributed by atoms with E-state index in [4.69, 9.17) is 4.98 Å². The number of aromatic nitrogens is 2. The summed E-state index contributed by atoms with van der Waals surface area (Å²) in [7, 11) is 0. The Balaban J connectivity index is 1.35. The molecular weight excluding hydrogens is 400 g/mol. The van der Waals surface area contributed by atoms with Crippen molar-refractivity contribution < 1.29 is 4.79 Å². The van der Waals surface area contributed by atoms with Crippen molar-refractivity contribution in [2.24, 2.45) is 0 Å².